The number of carbonyl (C=O) groups is 1. The van der Waals surface area contributed by atoms with Crippen molar-refractivity contribution >= 4 is 5.91 Å². The van der Waals surface area contributed by atoms with Gasteiger partial charge in [0.1, 0.15) is 6.10 Å². The van der Waals surface area contributed by atoms with Gasteiger partial charge in [0, 0.05) is 6.42 Å². The monoisotopic (exact) mass is 215 g/mol. The molecular weight excluding hydrogens is 202 g/mol. The molecule has 0 unspecified atom stereocenters. The van der Waals surface area contributed by atoms with Crippen LogP contribution >= 0.6 is 0 Å². The molecule has 0 spiro atoms. The number of amides is 1. The van der Waals surface area contributed by atoms with Gasteiger partial charge in [-0.15, -0.1) is 0 Å². The Hall–Kier alpha value is -1.61. The van der Waals surface area contributed by atoms with E-state index in [2.05, 4.69) is 6.08 Å². The molecule has 3 rings (SSSR count). The lowest BCUT2D eigenvalue weighted by Crippen LogP contribution is -2.35. The third-order valence-electron chi connectivity index (χ3n) is 3.02. The van der Waals surface area contributed by atoms with Crippen LogP contribution in [0.3, 0.4) is 0 Å². The molecule has 1 heterocycles. The third kappa shape index (κ3) is 1.63. The highest BCUT2D eigenvalue weighted by Crippen LogP contribution is 2.29. The average Bonchev–Trinajstić information content (AvgIpc) is 2.92. The van der Waals surface area contributed by atoms with E-state index in [1.165, 1.54) is 5.06 Å². The van der Waals surface area contributed by atoms with Gasteiger partial charge in [0.05, 0.1) is 12.5 Å². The summed E-state index contributed by atoms with van der Waals surface area (Å²) in [5, 5.41) is 1.53. The van der Waals surface area contributed by atoms with Crippen molar-refractivity contribution in [3.05, 3.63) is 48.0 Å². The molecular formula is C13H13NO2. The molecule has 1 aliphatic heterocycles. The van der Waals surface area contributed by atoms with Gasteiger partial charge < -0.3 is 0 Å². The fraction of sp³-hybridized carbons (Fsp3) is 0.308. The van der Waals surface area contributed by atoms with Crippen LogP contribution in [0.2, 0.25) is 0 Å². The first kappa shape index (κ1) is 9.60. The van der Waals surface area contributed by atoms with Gasteiger partial charge in [-0.2, -0.15) is 0 Å². The summed E-state index contributed by atoms with van der Waals surface area (Å²) < 4.78 is 0. The Morgan fingerprint density at radius 3 is 2.75 bits per heavy atom. The van der Waals surface area contributed by atoms with Gasteiger partial charge in [0.25, 0.3) is 5.91 Å². The number of hydroxylamine groups is 2. The number of nitrogens with zero attached hydrogens (tertiary/aromatic N) is 1. The summed E-state index contributed by atoms with van der Waals surface area (Å²) in [6.45, 7) is 0. The Kier molecular flexibility index (Phi) is 2.26. The maximum atomic E-state index is 12.0. The van der Waals surface area contributed by atoms with Crippen molar-refractivity contribution in [2.24, 2.45) is 0 Å². The van der Waals surface area contributed by atoms with E-state index >= 15 is 0 Å². The second kappa shape index (κ2) is 3.76. The van der Waals surface area contributed by atoms with Gasteiger partial charge in [-0.1, -0.05) is 42.5 Å². The van der Waals surface area contributed by atoms with Crippen LogP contribution in [0.5, 0.6) is 0 Å². The Bertz CT molecular complexity index is 427. The maximum Gasteiger partial charge on any atom is 0.251 e. The van der Waals surface area contributed by atoms with E-state index < -0.39 is 0 Å². The van der Waals surface area contributed by atoms with Crippen molar-refractivity contribution in [1.82, 2.24) is 5.06 Å². The lowest BCUT2D eigenvalue weighted by atomic mass is 10.1. The molecule has 0 saturated carbocycles. The van der Waals surface area contributed by atoms with Crippen molar-refractivity contribution in [2.45, 2.75) is 25.0 Å². The largest absolute Gasteiger partial charge is 0.272 e. The zero-order chi connectivity index (χ0) is 11.0. The third-order valence-corrected chi connectivity index (χ3v) is 3.02. The van der Waals surface area contributed by atoms with Crippen molar-refractivity contribution in [3.8, 4) is 0 Å². The van der Waals surface area contributed by atoms with Gasteiger partial charge in [0.2, 0.25) is 0 Å². The Labute approximate surface area is 94.3 Å². The van der Waals surface area contributed by atoms with Gasteiger partial charge >= 0.3 is 0 Å². The van der Waals surface area contributed by atoms with E-state index in [1.54, 1.807) is 0 Å². The minimum atomic E-state index is 0.0445. The molecule has 1 fully saturated rings. The highest BCUT2D eigenvalue weighted by atomic mass is 16.7. The Morgan fingerprint density at radius 2 is 2.12 bits per heavy atom. The average molecular weight is 215 g/mol. The topological polar surface area (TPSA) is 29.5 Å². The second-order valence-electron chi connectivity index (χ2n) is 4.21. The maximum absolute atomic E-state index is 12.0. The smallest absolute Gasteiger partial charge is 0.251 e. The lowest BCUT2D eigenvalue weighted by molar-refractivity contribution is -0.182. The predicted molar refractivity (Wildman–Crippen MR) is 59.4 cm³/mol. The fourth-order valence-corrected chi connectivity index (χ4v) is 2.22. The normalized spacial score (nSPS) is 26.4. The molecule has 82 valence electrons. The summed E-state index contributed by atoms with van der Waals surface area (Å²) in [5.41, 5.74) is 1.03. The molecule has 3 heteroatoms. The standard InChI is InChI=1S/C13H13NO2/c15-13(8-10-4-2-1-3-5-10)14-11-6-7-12(9-11)16-14/h1-7,11-12H,8-9H2/t11-,12+/m1/s1. The SMILES string of the molecule is O=C(Cc1ccccc1)N1O[C@H]2C=C[C@@H]1C2. The van der Waals surface area contributed by atoms with Crippen LogP contribution in [-0.2, 0) is 16.1 Å². The Balaban J connectivity index is 1.69. The number of fused-ring (bicyclic) bond motifs is 2. The first-order chi connectivity index (χ1) is 7.83. The van der Waals surface area contributed by atoms with E-state index in [1.807, 2.05) is 36.4 Å². The molecule has 0 radical (unpaired) electrons. The molecule has 16 heavy (non-hydrogen) atoms. The summed E-state index contributed by atoms with van der Waals surface area (Å²) in [6, 6.07) is 9.91. The highest BCUT2D eigenvalue weighted by Gasteiger charge is 2.37. The molecule has 1 aromatic rings. The van der Waals surface area contributed by atoms with Crippen LogP contribution in [0.1, 0.15) is 12.0 Å². The van der Waals surface area contributed by atoms with Crippen LogP contribution in [0.25, 0.3) is 0 Å². The number of hydrogen-bond acceptors (Lipinski definition) is 2. The first-order valence-corrected chi connectivity index (χ1v) is 5.54. The molecule has 3 nitrogen and oxygen atoms in total. The molecule has 1 saturated heterocycles. The second-order valence-corrected chi connectivity index (χ2v) is 4.21. The Morgan fingerprint density at radius 1 is 1.31 bits per heavy atom. The van der Waals surface area contributed by atoms with Crippen LogP contribution in [0.4, 0.5) is 0 Å². The molecule has 0 aromatic heterocycles. The quantitative estimate of drug-likeness (QED) is 0.703. The first-order valence-electron chi connectivity index (χ1n) is 5.54. The number of benzene rings is 1. The van der Waals surface area contributed by atoms with Crippen LogP contribution < -0.4 is 0 Å². The minimum absolute atomic E-state index is 0.0445. The van der Waals surface area contributed by atoms with Gasteiger partial charge in [-0.25, -0.2) is 5.06 Å². The predicted octanol–water partition coefficient (Wildman–Crippen LogP) is 1.70. The lowest BCUT2D eigenvalue weighted by Gasteiger charge is -2.22. The molecule has 2 atom stereocenters. The van der Waals surface area contributed by atoms with E-state index in [0.717, 1.165) is 12.0 Å². The van der Waals surface area contributed by atoms with Gasteiger partial charge in [0.15, 0.2) is 0 Å². The van der Waals surface area contributed by atoms with Crippen LogP contribution in [0.15, 0.2) is 42.5 Å². The van der Waals surface area contributed by atoms with E-state index in [9.17, 15) is 4.79 Å². The van der Waals surface area contributed by atoms with Gasteiger partial charge in [-0.3, -0.25) is 9.63 Å². The molecule has 1 amide bonds. The molecule has 2 bridgehead atoms. The summed E-state index contributed by atoms with van der Waals surface area (Å²) >= 11 is 0. The number of rotatable bonds is 2. The summed E-state index contributed by atoms with van der Waals surface area (Å²) in [4.78, 5) is 17.5. The zero-order valence-corrected chi connectivity index (χ0v) is 8.87. The molecule has 1 aliphatic carbocycles. The minimum Gasteiger partial charge on any atom is -0.272 e. The highest BCUT2D eigenvalue weighted by molar-refractivity contribution is 5.78. The van der Waals surface area contributed by atoms with E-state index in [0.29, 0.717) is 6.42 Å². The van der Waals surface area contributed by atoms with Crippen molar-refractivity contribution < 1.29 is 9.63 Å². The molecule has 0 N–H and O–H groups in total. The summed E-state index contributed by atoms with van der Waals surface area (Å²) in [5.74, 6) is 0.0445. The van der Waals surface area contributed by atoms with Crippen molar-refractivity contribution in [1.29, 1.82) is 0 Å². The fourth-order valence-electron chi connectivity index (χ4n) is 2.22. The van der Waals surface area contributed by atoms with Crippen molar-refractivity contribution in [3.63, 3.8) is 0 Å². The number of carbonyl (C=O) groups excluding carboxylic acids is 1. The molecule has 1 aromatic carbocycles. The van der Waals surface area contributed by atoms with Crippen LogP contribution in [-0.4, -0.2) is 23.1 Å². The van der Waals surface area contributed by atoms with Gasteiger partial charge in [-0.05, 0) is 5.56 Å². The number of hydrogen-bond donors (Lipinski definition) is 0. The van der Waals surface area contributed by atoms with Crippen LogP contribution in [0, 0.1) is 0 Å². The zero-order valence-electron chi connectivity index (χ0n) is 8.87. The van der Waals surface area contributed by atoms with E-state index in [4.69, 9.17) is 4.84 Å². The van der Waals surface area contributed by atoms with E-state index in [-0.39, 0.29) is 18.1 Å². The summed E-state index contributed by atoms with van der Waals surface area (Å²) in [6.07, 6.45) is 5.52. The molecule has 2 aliphatic rings. The van der Waals surface area contributed by atoms with Crippen molar-refractivity contribution in [2.75, 3.05) is 0 Å². The summed E-state index contributed by atoms with van der Waals surface area (Å²) in [7, 11) is 0.